The van der Waals surface area contributed by atoms with Crippen LogP contribution in [0, 0.1) is 0 Å². The van der Waals surface area contributed by atoms with Crippen molar-refractivity contribution in [1.82, 2.24) is 0 Å². The second-order valence-electron chi connectivity index (χ2n) is 6.61. The normalized spacial score (nSPS) is 11.2. The minimum atomic E-state index is -0.278. The van der Waals surface area contributed by atoms with Crippen LogP contribution in [0.4, 0.5) is 0 Å². The third-order valence-corrected chi connectivity index (χ3v) is 5.48. The molecule has 0 aliphatic heterocycles. The highest BCUT2D eigenvalue weighted by atomic mass is 35.5. The maximum absolute atomic E-state index is 10.3. The molecule has 0 aromatic heterocycles. The summed E-state index contributed by atoms with van der Waals surface area (Å²) in [6.45, 7) is 4.39. The first-order valence-electron chi connectivity index (χ1n) is 9.45. The van der Waals surface area contributed by atoms with Crippen LogP contribution in [0.3, 0.4) is 0 Å². The number of rotatable bonds is 12. The molecule has 0 atom stereocenters. The lowest BCUT2D eigenvalue weighted by molar-refractivity contribution is 0.397. The smallest absolute Gasteiger partial charge is 0.178 e. The highest BCUT2D eigenvalue weighted by molar-refractivity contribution is 6.43. The predicted molar refractivity (Wildman–Crippen MR) is 105 cm³/mol. The highest BCUT2D eigenvalue weighted by Crippen LogP contribution is 2.45. The van der Waals surface area contributed by atoms with Gasteiger partial charge in [0, 0.05) is 5.56 Å². The average Bonchev–Trinajstić information content (AvgIpc) is 2.58. The van der Waals surface area contributed by atoms with E-state index in [1.807, 2.05) is 0 Å². The van der Waals surface area contributed by atoms with Crippen LogP contribution >= 0.6 is 23.2 Å². The SMILES string of the molecule is CCCCCCCc1c(O)c(O)c(Cl)c(Cl)c1CCCCCCC. The van der Waals surface area contributed by atoms with Gasteiger partial charge in [0.05, 0.1) is 5.02 Å². The number of phenolic OH excluding ortho intramolecular Hbond substituents is 2. The van der Waals surface area contributed by atoms with Crippen molar-refractivity contribution in [3.8, 4) is 11.5 Å². The summed E-state index contributed by atoms with van der Waals surface area (Å²) in [7, 11) is 0. The summed E-state index contributed by atoms with van der Waals surface area (Å²) < 4.78 is 0. The Labute approximate surface area is 157 Å². The molecule has 0 saturated carbocycles. The maximum Gasteiger partial charge on any atom is 0.178 e. The van der Waals surface area contributed by atoms with Gasteiger partial charge in [-0.05, 0) is 31.2 Å². The monoisotopic (exact) mass is 374 g/mol. The summed E-state index contributed by atoms with van der Waals surface area (Å²) in [4.78, 5) is 0. The fourth-order valence-electron chi connectivity index (χ4n) is 3.10. The average molecular weight is 375 g/mol. The first-order chi connectivity index (χ1) is 11.5. The zero-order valence-electron chi connectivity index (χ0n) is 15.1. The van der Waals surface area contributed by atoms with Gasteiger partial charge in [-0.1, -0.05) is 88.4 Å². The molecular weight excluding hydrogens is 343 g/mol. The molecule has 1 aromatic rings. The molecule has 0 aliphatic carbocycles. The molecule has 0 aliphatic rings. The Morgan fingerprint density at radius 3 is 1.54 bits per heavy atom. The van der Waals surface area contributed by atoms with Crippen LogP contribution in [0.1, 0.15) is 89.2 Å². The zero-order valence-corrected chi connectivity index (χ0v) is 16.6. The van der Waals surface area contributed by atoms with E-state index in [4.69, 9.17) is 23.2 Å². The largest absolute Gasteiger partial charge is 0.504 e. The summed E-state index contributed by atoms with van der Waals surface area (Å²) >= 11 is 12.5. The second kappa shape index (κ2) is 11.9. The summed E-state index contributed by atoms with van der Waals surface area (Å²) in [5, 5.41) is 20.8. The van der Waals surface area contributed by atoms with Crippen molar-refractivity contribution in [3.05, 3.63) is 21.2 Å². The molecule has 0 fully saturated rings. The molecule has 2 N–H and O–H groups in total. The lowest BCUT2D eigenvalue weighted by atomic mass is 9.95. The molecule has 4 heteroatoms. The quantitative estimate of drug-likeness (QED) is 0.294. The Bertz CT molecular complexity index is 456. The number of hydrogen-bond donors (Lipinski definition) is 2. The summed E-state index contributed by atoms with van der Waals surface area (Å²) in [6.07, 6.45) is 13.2. The third kappa shape index (κ3) is 6.37. The van der Waals surface area contributed by atoms with E-state index in [0.29, 0.717) is 5.02 Å². The van der Waals surface area contributed by atoms with Gasteiger partial charge in [-0.2, -0.15) is 0 Å². The first kappa shape index (κ1) is 21.4. The Kier molecular flexibility index (Phi) is 10.6. The number of phenols is 2. The Morgan fingerprint density at radius 1 is 0.583 bits per heavy atom. The Hall–Kier alpha value is -0.600. The van der Waals surface area contributed by atoms with Gasteiger partial charge in [-0.3, -0.25) is 0 Å². The molecule has 1 aromatic carbocycles. The lowest BCUT2D eigenvalue weighted by Crippen LogP contribution is -1.99. The molecule has 24 heavy (non-hydrogen) atoms. The van der Waals surface area contributed by atoms with Gasteiger partial charge in [0.25, 0.3) is 0 Å². The van der Waals surface area contributed by atoms with Crippen molar-refractivity contribution >= 4 is 23.2 Å². The number of aromatic hydroxyl groups is 2. The van der Waals surface area contributed by atoms with E-state index in [2.05, 4.69) is 13.8 Å². The van der Waals surface area contributed by atoms with E-state index < -0.39 is 0 Å². The number of halogens is 2. The van der Waals surface area contributed by atoms with Crippen molar-refractivity contribution in [2.24, 2.45) is 0 Å². The highest BCUT2D eigenvalue weighted by Gasteiger charge is 2.21. The molecule has 0 spiro atoms. The molecule has 138 valence electrons. The van der Waals surface area contributed by atoms with E-state index in [9.17, 15) is 10.2 Å². The summed E-state index contributed by atoms with van der Waals surface area (Å²) in [6, 6.07) is 0. The van der Waals surface area contributed by atoms with E-state index >= 15 is 0 Å². The van der Waals surface area contributed by atoms with Gasteiger partial charge in [-0.25, -0.2) is 0 Å². The van der Waals surface area contributed by atoms with Crippen molar-refractivity contribution in [3.63, 3.8) is 0 Å². The van der Waals surface area contributed by atoms with Crippen molar-refractivity contribution in [2.45, 2.75) is 90.9 Å². The number of hydrogen-bond acceptors (Lipinski definition) is 2. The molecule has 1 rings (SSSR count). The van der Waals surface area contributed by atoms with Crippen molar-refractivity contribution < 1.29 is 10.2 Å². The molecule has 0 unspecified atom stereocenters. The third-order valence-electron chi connectivity index (χ3n) is 4.60. The van der Waals surface area contributed by atoms with Gasteiger partial charge >= 0.3 is 0 Å². The number of unbranched alkanes of at least 4 members (excludes halogenated alkanes) is 8. The van der Waals surface area contributed by atoms with Gasteiger partial charge in [0.2, 0.25) is 0 Å². The summed E-state index contributed by atoms with van der Waals surface area (Å²) in [5.74, 6) is -0.358. The van der Waals surface area contributed by atoms with Crippen LogP contribution < -0.4 is 0 Å². The fourth-order valence-corrected chi connectivity index (χ4v) is 3.60. The van der Waals surface area contributed by atoms with Crippen molar-refractivity contribution in [1.29, 1.82) is 0 Å². The van der Waals surface area contributed by atoms with E-state index in [1.165, 1.54) is 38.5 Å². The van der Waals surface area contributed by atoms with E-state index in [0.717, 1.165) is 49.7 Å². The van der Waals surface area contributed by atoms with E-state index in [1.54, 1.807) is 0 Å². The first-order valence-corrected chi connectivity index (χ1v) is 10.2. The van der Waals surface area contributed by atoms with Crippen LogP contribution in [-0.2, 0) is 12.8 Å². The van der Waals surface area contributed by atoms with Crippen LogP contribution in [0.5, 0.6) is 11.5 Å². The van der Waals surface area contributed by atoms with Gasteiger partial charge in [-0.15, -0.1) is 0 Å². The van der Waals surface area contributed by atoms with Crippen molar-refractivity contribution in [2.75, 3.05) is 0 Å². The van der Waals surface area contributed by atoms with Crippen LogP contribution in [0.25, 0.3) is 0 Å². The second-order valence-corrected chi connectivity index (χ2v) is 7.37. The maximum atomic E-state index is 10.3. The predicted octanol–water partition coefficient (Wildman–Crippen LogP) is 7.43. The zero-order chi connectivity index (χ0) is 17.9. The van der Waals surface area contributed by atoms with E-state index in [-0.39, 0.29) is 16.5 Å². The molecule has 0 amide bonds. The summed E-state index contributed by atoms with van der Waals surface area (Å²) in [5.41, 5.74) is 1.71. The van der Waals surface area contributed by atoms with Gasteiger partial charge in [0.15, 0.2) is 11.5 Å². The molecule has 0 radical (unpaired) electrons. The van der Waals surface area contributed by atoms with Gasteiger partial charge < -0.3 is 10.2 Å². The number of benzene rings is 1. The topological polar surface area (TPSA) is 40.5 Å². The fraction of sp³-hybridized carbons (Fsp3) is 0.700. The molecule has 0 heterocycles. The van der Waals surface area contributed by atoms with Crippen LogP contribution in [-0.4, -0.2) is 10.2 Å². The minimum Gasteiger partial charge on any atom is -0.504 e. The molecule has 0 bridgehead atoms. The van der Waals surface area contributed by atoms with Gasteiger partial charge in [0.1, 0.15) is 5.02 Å². The standard InChI is InChI=1S/C20H32Cl2O2/c1-3-5-7-9-11-13-15-16(14-12-10-8-6-4-2)19(23)20(24)18(22)17(15)21/h23-24H,3-14H2,1-2H3. The Balaban J connectivity index is 2.80. The minimum absolute atomic E-state index is 0.0763. The molecule has 2 nitrogen and oxygen atoms in total. The lowest BCUT2D eigenvalue weighted by Gasteiger charge is -2.16. The van der Waals surface area contributed by atoms with Crippen LogP contribution in [0.2, 0.25) is 10.0 Å². The molecular formula is C20H32Cl2O2. The van der Waals surface area contributed by atoms with Crippen LogP contribution in [0.15, 0.2) is 0 Å². The molecule has 0 saturated heterocycles. The Morgan fingerprint density at radius 2 is 1.04 bits per heavy atom.